The zero-order chi connectivity index (χ0) is 20.6. The molecule has 0 fully saturated rings. The van der Waals surface area contributed by atoms with Gasteiger partial charge < -0.3 is 5.32 Å². The van der Waals surface area contributed by atoms with Crippen LogP contribution in [0.15, 0.2) is 46.9 Å². The van der Waals surface area contributed by atoms with Crippen LogP contribution in [0.5, 0.6) is 0 Å². The fourth-order valence-corrected chi connectivity index (χ4v) is 3.09. The molecule has 11 heteroatoms. The average Bonchev–Trinajstić information content (AvgIpc) is 2.55. The first-order valence-corrected chi connectivity index (χ1v) is 8.14. The van der Waals surface area contributed by atoms with Crippen LogP contribution >= 0.6 is 27.5 Å². The molecule has 0 aliphatic heterocycles. The molecule has 0 aliphatic rings. The summed E-state index contributed by atoms with van der Waals surface area (Å²) in [5.74, 6) is -0.718. The van der Waals surface area contributed by atoms with Gasteiger partial charge in [0, 0.05) is 15.6 Å². The number of carbonyl (C=O) groups is 1. The second-order valence-corrected chi connectivity index (χ2v) is 6.55. The second kappa shape index (κ2) is 7.31. The van der Waals surface area contributed by atoms with Crippen LogP contribution in [0.25, 0.3) is 0 Å². The molecule has 2 rings (SSSR count). The van der Waals surface area contributed by atoms with Crippen molar-refractivity contribution in [3.8, 4) is 0 Å². The van der Waals surface area contributed by atoms with E-state index in [0.29, 0.717) is 0 Å². The highest BCUT2D eigenvalue weighted by molar-refractivity contribution is 9.10. The molecule has 2 aromatic rings. The molecule has 0 atom stereocenters. The van der Waals surface area contributed by atoms with E-state index in [9.17, 15) is 35.5 Å². The summed E-state index contributed by atoms with van der Waals surface area (Å²) in [4.78, 5) is 12.1. The van der Waals surface area contributed by atoms with E-state index >= 15 is 0 Å². The second-order valence-electron chi connectivity index (χ2n) is 5.29. The van der Waals surface area contributed by atoms with Gasteiger partial charge in [0.15, 0.2) is 0 Å². The van der Waals surface area contributed by atoms with Gasteiger partial charge in [-0.3, -0.25) is 4.79 Å². The topological polar surface area (TPSA) is 29.1 Å². The van der Waals surface area contributed by atoms with Crippen LogP contribution in [0.1, 0.15) is 15.9 Å². The van der Waals surface area contributed by atoms with E-state index in [1.54, 1.807) is 18.2 Å². The standard InChI is InChI=1S/C16H8BrClF7NO/c17-10-6-9(14(19,15(20,21)22)16(23,24)25)7-11(18)12(10)26-13(27)8-4-2-1-3-5-8/h1-7H,(H,26,27). The van der Waals surface area contributed by atoms with Crippen molar-refractivity contribution >= 4 is 39.1 Å². The van der Waals surface area contributed by atoms with E-state index < -0.39 is 39.0 Å². The molecule has 0 saturated heterocycles. The predicted molar refractivity (Wildman–Crippen MR) is 88.4 cm³/mol. The van der Waals surface area contributed by atoms with Gasteiger partial charge >= 0.3 is 18.0 Å². The third-order valence-electron chi connectivity index (χ3n) is 3.50. The van der Waals surface area contributed by atoms with Gasteiger partial charge in [-0.2, -0.15) is 26.3 Å². The molecule has 0 heterocycles. The molecule has 0 radical (unpaired) electrons. The summed E-state index contributed by atoms with van der Waals surface area (Å²) in [7, 11) is 0. The Morgan fingerprint density at radius 3 is 1.89 bits per heavy atom. The summed E-state index contributed by atoms with van der Waals surface area (Å²) in [6, 6.07) is 8.00. The first-order valence-electron chi connectivity index (χ1n) is 6.97. The number of nitrogens with one attached hydrogen (secondary N) is 1. The van der Waals surface area contributed by atoms with Crippen molar-refractivity contribution in [3.05, 3.63) is 63.1 Å². The lowest BCUT2D eigenvalue weighted by Crippen LogP contribution is -2.50. The minimum Gasteiger partial charge on any atom is -0.320 e. The summed E-state index contributed by atoms with van der Waals surface area (Å²) in [6.45, 7) is 0. The summed E-state index contributed by atoms with van der Waals surface area (Å²) in [6.07, 6.45) is -12.5. The molecule has 0 saturated carbocycles. The number of benzene rings is 2. The summed E-state index contributed by atoms with van der Waals surface area (Å²) >= 11 is 8.45. The van der Waals surface area contributed by atoms with E-state index in [1.807, 2.05) is 0 Å². The fraction of sp³-hybridized carbons (Fsp3) is 0.188. The van der Waals surface area contributed by atoms with Crippen LogP contribution in [0, 0.1) is 0 Å². The van der Waals surface area contributed by atoms with Crippen LogP contribution in [-0.4, -0.2) is 18.3 Å². The highest BCUT2D eigenvalue weighted by Gasteiger charge is 2.73. The summed E-state index contributed by atoms with van der Waals surface area (Å²) in [5.41, 5.74) is -7.54. The number of anilines is 1. The molecule has 0 bridgehead atoms. The van der Waals surface area contributed by atoms with Crippen molar-refractivity contribution in [2.75, 3.05) is 5.32 Å². The fourth-order valence-electron chi connectivity index (χ4n) is 2.15. The maximum atomic E-state index is 14.1. The maximum Gasteiger partial charge on any atom is 0.435 e. The molecule has 1 N–H and O–H groups in total. The van der Waals surface area contributed by atoms with Gasteiger partial charge in [-0.25, -0.2) is 4.39 Å². The quantitative estimate of drug-likeness (QED) is 0.492. The largest absolute Gasteiger partial charge is 0.435 e. The van der Waals surface area contributed by atoms with E-state index in [1.165, 1.54) is 12.1 Å². The van der Waals surface area contributed by atoms with Gasteiger partial charge in [0.1, 0.15) is 0 Å². The first-order chi connectivity index (χ1) is 12.3. The SMILES string of the molecule is O=C(Nc1c(Cl)cc(C(F)(C(F)(F)F)C(F)(F)F)cc1Br)c1ccccc1. The number of halogens is 9. The molecule has 2 aromatic carbocycles. The highest BCUT2D eigenvalue weighted by Crippen LogP contribution is 2.54. The van der Waals surface area contributed by atoms with Gasteiger partial charge in [0.05, 0.1) is 10.7 Å². The number of amides is 1. The lowest BCUT2D eigenvalue weighted by molar-refractivity contribution is -0.348. The van der Waals surface area contributed by atoms with Gasteiger partial charge in [0.25, 0.3) is 5.91 Å². The molecule has 2 nitrogen and oxygen atoms in total. The maximum absolute atomic E-state index is 14.1. The molecule has 1 amide bonds. The van der Waals surface area contributed by atoms with Crippen LogP contribution in [0.3, 0.4) is 0 Å². The Kier molecular flexibility index (Phi) is 5.82. The van der Waals surface area contributed by atoms with E-state index in [4.69, 9.17) is 11.6 Å². The molecule has 0 spiro atoms. The molecule has 146 valence electrons. The summed E-state index contributed by atoms with van der Waals surface area (Å²) in [5, 5.41) is 1.54. The van der Waals surface area contributed by atoms with Crippen LogP contribution in [0.2, 0.25) is 5.02 Å². The molecule has 27 heavy (non-hydrogen) atoms. The van der Waals surface area contributed by atoms with Crippen molar-refractivity contribution in [1.29, 1.82) is 0 Å². The van der Waals surface area contributed by atoms with Crippen molar-refractivity contribution in [3.63, 3.8) is 0 Å². The van der Waals surface area contributed by atoms with Gasteiger partial charge in [-0.1, -0.05) is 29.8 Å². The Balaban J connectivity index is 2.49. The highest BCUT2D eigenvalue weighted by atomic mass is 79.9. The van der Waals surface area contributed by atoms with Gasteiger partial charge in [-0.15, -0.1) is 0 Å². The van der Waals surface area contributed by atoms with Crippen molar-refractivity contribution in [2.45, 2.75) is 18.0 Å². The Morgan fingerprint density at radius 1 is 0.926 bits per heavy atom. The lowest BCUT2D eigenvalue weighted by atomic mass is 9.94. The van der Waals surface area contributed by atoms with Gasteiger partial charge in [0.2, 0.25) is 0 Å². The van der Waals surface area contributed by atoms with E-state index in [2.05, 4.69) is 21.2 Å². The molecular formula is C16H8BrClF7NO. The van der Waals surface area contributed by atoms with Crippen LogP contribution in [-0.2, 0) is 5.67 Å². The van der Waals surface area contributed by atoms with Crippen molar-refractivity contribution in [1.82, 2.24) is 0 Å². The molecule has 0 aromatic heterocycles. The number of hydrogen-bond donors (Lipinski definition) is 1. The third-order valence-corrected chi connectivity index (χ3v) is 4.42. The smallest absolute Gasteiger partial charge is 0.320 e. The monoisotopic (exact) mass is 477 g/mol. The Morgan fingerprint density at radius 2 is 1.44 bits per heavy atom. The Hall–Kier alpha value is -1.81. The minimum atomic E-state index is -6.27. The normalized spacial score (nSPS) is 12.8. The third kappa shape index (κ3) is 4.06. The Labute approximate surface area is 161 Å². The minimum absolute atomic E-state index is 0.162. The van der Waals surface area contributed by atoms with Crippen molar-refractivity contribution < 1.29 is 35.5 Å². The van der Waals surface area contributed by atoms with Gasteiger partial charge in [-0.05, 0) is 40.2 Å². The Bertz CT molecular complexity index is 815. The zero-order valence-electron chi connectivity index (χ0n) is 12.9. The van der Waals surface area contributed by atoms with Crippen LogP contribution < -0.4 is 5.32 Å². The number of carbonyl (C=O) groups excluding carboxylic acids is 1. The molecule has 0 aliphatic carbocycles. The number of alkyl halides is 7. The van der Waals surface area contributed by atoms with Crippen LogP contribution in [0.4, 0.5) is 36.4 Å². The zero-order valence-corrected chi connectivity index (χ0v) is 15.2. The average molecular weight is 479 g/mol. The first kappa shape index (κ1) is 21.5. The molecule has 0 unspecified atom stereocenters. The molecular weight excluding hydrogens is 471 g/mol. The predicted octanol–water partition coefficient (Wildman–Crippen LogP) is 6.64. The van der Waals surface area contributed by atoms with Crippen molar-refractivity contribution in [2.24, 2.45) is 0 Å². The van der Waals surface area contributed by atoms with E-state index in [0.717, 1.165) is 0 Å². The van der Waals surface area contributed by atoms with E-state index in [-0.39, 0.29) is 23.4 Å². The summed E-state index contributed by atoms with van der Waals surface area (Å²) < 4.78 is 90.8. The lowest BCUT2D eigenvalue weighted by Gasteiger charge is -2.30. The number of hydrogen-bond acceptors (Lipinski definition) is 1. The number of rotatable bonds is 3.